The summed E-state index contributed by atoms with van der Waals surface area (Å²) in [5.74, 6) is -5.77. The Balaban J connectivity index is 2.61. The molecule has 0 aromatic rings. The predicted molar refractivity (Wildman–Crippen MR) is 134 cm³/mol. The van der Waals surface area contributed by atoms with Crippen molar-refractivity contribution in [2.24, 2.45) is 0 Å². The summed E-state index contributed by atoms with van der Waals surface area (Å²) in [6, 6.07) is 0. The van der Waals surface area contributed by atoms with Crippen molar-refractivity contribution in [2.75, 3.05) is 6.61 Å². The fraction of sp³-hybridized carbons (Fsp3) is 0.731. The highest BCUT2D eigenvalue weighted by Crippen LogP contribution is 2.35. The Labute approximate surface area is 246 Å². The normalized spacial score (nSPS) is 31.9. The summed E-state index contributed by atoms with van der Waals surface area (Å²) < 4.78 is 54.8. The highest BCUT2D eigenvalue weighted by molar-refractivity contribution is 5.69. The Morgan fingerprint density at radius 3 is 1.30 bits per heavy atom. The number of carbonyl (C=O) groups is 7. The van der Waals surface area contributed by atoms with E-state index in [0.29, 0.717) is 0 Å². The van der Waals surface area contributed by atoms with Crippen LogP contribution in [0.4, 0.5) is 0 Å². The SMILES string of the molecule is CC(=O)OC[C@H]1O[C@@H](O[C@H]2[C@H](OC(C)=O)[C@H](OC(C)=O)[C@@H](OC(C)=O)O[C@@H]2C)[C@H](OC(C)=O)[C@@H](OC(C)=O)[C@H]1OC(C)=O. The van der Waals surface area contributed by atoms with Crippen LogP contribution in [-0.2, 0) is 80.9 Å². The zero-order valence-corrected chi connectivity index (χ0v) is 24.9. The summed E-state index contributed by atoms with van der Waals surface area (Å²) in [4.78, 5) is 83.6. The minimum absolute atomic E-state index is 0.521. The molecule has 0 aliphatic carbocycles. The average Bonchev–Trinajstić information content (AvgIpc) is 2.84. The van der Waals surface area contributed by atoms with E-state index in [1.807, 2.05) is 0 Å². The van der Waals surface area contributed by atoms with Gasteiger partial charge in [0.2, 0.25) is 12.4 Å². The van der Waals surface area contributed by atoms with Crippen molar-refractivity contribution >= 4 is 41.8 Å². The molecule has 0 radical (unpaired) electrons. The minimum Gasteiger partial charge on any atom is -0.463 e. The van der Waals surface area contributed by atoms with Gasteiger partial charge < -0.3 is 47.4 Å². The molecule has 0 aromatic heterocycles. The van der Waals surface area contributed by atoms with E-state index in [1.54, 1.807) is 0 Å². The van der Waals surface area contributed by atoms with E-state index >= 15 is 0 Å². The fourth-order valence-corrected chi connectivity index (χ4v) is 4.51. The quantitative estimate of drug-likeness (QED) is 0.225. The highest BCUT2D eigenvalue weighted by Gasteiger charge is 2.57. The van der Waals surface area contributed by atoms with Gasteiger partial charge in [-0.1, -0.05) is 0 Å². The lowest BCUT2D eigenvalue weighted by atomic mass is 9.96. The van der Waals surface area contributed by atoms with Crippen LogP contribution < -0.4 is 0 Å². The lowest BCUT2D eigenvalue weighted by Crippen LogP contribution is -2.66. The molecule has 2 heterocycles. The molecule has 17 heteroatoms. The second kappa shape index (κ2) is 15.6. The summed E-state index contributed by atoms with van der Waals surface area (Å²) >= 11 is 0. The van der Waals surface area contributed by atoms with Gasteiger partial charge in [-0.05, 0) is 6.92 Å². The molecule has 10 atom stereocenters. The molecule has 17 nitrogen and oxygen atoms in total. The van der Waals surface area contributed by atoms with E-state index in [-0.39, 0.29) is 0 Å². The predicted octanol–water partition coefficient (Wildman–Crippen LogP) is -0.374. The van der Waals surface area contributed by atoms with Gasteiger partial charge in [0.1, 0.15) is 18.8 Å². The third kappa shape index (κ3) is 10.4. The summed E-state index contributed by atoms with van der Waals surface area (Å²) in [6.45, 7) is 8.41. The monoisotopic (exact) mass is 620 g/mol. The molecule has 2 saturated heterocycles. The van der Waals surface area contributed by atoms with Crippen molar-refractivity contribution in [1.29, 1.82) is 0 Å². The maximum atomic E-state index is 12.1. The smallest absolute Gasteiger partial charge is 0.305 e. The van der Waals surface area contributed by atoms with Gasteiger partial charge in [-0.25, -0.2) is 0 Å². The molecule has 0 amide bonds. The molecule has 0 saturated carbocycles. The van der Waals surface area contributed by atoms with Crippen LogP contribution in [0, 0.1) is 0 Å². The summed E-state index contributed by atoms with van der Waals surface area (Å²) in [5, 5.41) is 0. The Morgan fingerprint density at radius 2 is 0.860 bits per heavy atom. The Kier molecular flexibility index (Phi) is 12.8. The standard InChI is InChI=1S/C26H36O17/c1-10-19(21(37-13(4)29)23(39-15(6)31)25(35-10)41-17(8)33)43-26-24(40-16(7)32)22(38-14(5)30)20(36-12(3)28)18(42-26)9-34-11(2)27/h10,18-26H,9H2,1-8H3/t10-,18-,19-,20+,21+,22+,23+,24-,25-,26+/m1/s1. The Bertz CT molecular complexity index is 1070. The first-order valence-electron chi connectivity index (χ1n) is 13.1. The first-order chi connectivity index (χ1) is 20.0. The van der Waals surface area contributed by atoms with Crippen LogP contribution in [0.3, 0.4) is 0 Å². The van der Waals surface area contributed by atoms with Gasteiger partial charge >= 0.3 is 41.8 Å². The van der Waals surface area contributed by atoms with Crippen LogP contribution in [0.1, 0.15) is 55.4 Å². The Morgan fingerprint density at radius 1 is 0.465 bits per heavy atom. The largest absolute Gasteiger partial charge is 0.463 e. The van der Waals surface area contributed by atoms with Crippen molar-refractivity contribution < 1.29 is 80.9 Å². The fourth-order valence-electron chi connectivity index (χ4n) is 4.51. The molecule has 2 aliphatic heterocycles. The molecular formula is C26H36O17. The van der Waals surface area contributed by atoms with E-state index in [4.69, 9.17) is 47.4 Å². The highest BCUT2D eigenvalue weighted by atomic mass is 16.8. The van der Waals surface area contributed by atoms with Crippen LogP contribution in [0.15, 0.2) is 0 Å². The van der Waals surface area contributed by atoms with Gasteiger partial charge in [0, 0.05) is 48.5 Å². The maximum absolute atomic E-state index is 12.1. The van der Waals surface area contributed by atoms with E-state index in [1.165, 1.54) is 6.92 Å². The number of hydrogen-bond donors (Lipinski definition) is 0. The van der Waals surface area contributed by atoms with Gasteiger partial charge in [-0.3, -0.25) is 33.6 Å². The maximum Gasteiger partial charge on any atom is 0.305 e. The lowest BCUT2D eigenvalue weighted by Gasteiger charge is -2.48. The zero-order valence-electron chi connectivity index (χ0n) is 24.9. The molecule has 0 aromatic carbocycles. The van der Waals surface area contributed by atoms with Gasteiger partial charge in [0.25, 0.3) is 0 Å². The van der Waals surface area contributed by atoms with Gasteiger partial charge in [-0.15, -0.1) is 0 Å². The zero-order chi connectivity index (χ0) is 32.6. The number of carbonyl (C=O) groups excluding carboxylic acids is 7. The number of esters is 7. The van der Waals surface area contributed by atoms with Crippen LogP contribution in [0.5, 0.6) is 0 Å². The third-order valence-corrected chi connectivity index (χ3v) is 5.85. The first-order valence-corrected chi connectivity index (χ1v) is 13.1. The number of ether oxygens (including phenoxy) is 10. The summed E-state index contributed by atoms with van der Waals surface area (Å²) in [6.07, 6.45) is -14.6. The average molecular weight is 621 g/mol. The molecular weight excluding hydrogens is 584 g/mol. The second-order valence-corrected chi connectivity index (χ2v) is 9.64. The van der Waals surface area contributed by atoms with Crippen LogP contribution >= 0.6 is 0 Å². The summed E-state index contributed by atoms with van der Waals surface area (Å²) in [5.41, 5.74) is 0. The van der Waals surface area contributed by atoms with E-state index in [9.17, 15) is 33.6 Å². The molecule has 0 N–H and O–H groups in total. The molecule has 2 aliphatic rings. The van der Waals surface area contributed by atoms with Gasteiger partial charge in [-0.2, -0.15) is 0 Å². The van der Waals surface area contributed by atoms with E-state index in [0.717, 1.165) is 48.5 Å². The Hall–Kier alpha value is -3.83. The van der Waals surface area contributed by atoms with Crippen LogP contribution in [0.25, 0.3) is 0 Å². The number of hydrogen-bond acceptors (Lipinski definition) is 17. The van der Waals surface area contributed by atoms with Crippen molar-refractivity contribution in [1.82, 2.24) is 0 Å². The molecule has 43 heavy (non-hydrogen) atoms. The van der Waals surface area contributed by atoms with Gasteiger partial charge in [0.05, 0.1) is 6.10 Å². The molecule has 2 fully saturated rings. The van der Waals surface area contributed by atoms with Crippen molar-refractivity contribution in [3.05, 3.63) is 0 Å². The first kappa shape index (κ1) is 35.4. The molecule has 0 bridgehead atoms. The number of rotatable bonds is 10. The van der Waals surface area contributed by atoms with Crippen molar-refractivity contribution in [3.63, 3.8) is 0 Å². The molecule has 0 unspecified atom stereocenters. The van der Waals surface area contributed by atoms with Crippen LogP contribution in [0.2, 0.25) is 0 Å². The van der Waals surface area contributed by atoms with Gasteiger partial charge in [0.15, 0.2) is 30.7 Å². The van der Waals surface area contributed by atoms with E-state index in [2.05, 4.69) is 0 Å². The van der Waals surface area contributed by atoms with E-state index < -0.39 is 110 Å². The molecule has 242 valence electrons. The van der Waals surface area contributed by atoms with Crippen LogP contribution in [-0.4, -0.2) is 110 Å². The third-order valence-electron chi connectivity index (χ3n) is 5.85. The van der Waals surface area contributed by atoms with Crippen molar-refractivity contribution in [2.45, 2.75) is 117 Å². The second-order valence-electron chi connectivity index (χ2n) is 9.64. The lowest BCUT2D eigenvalue weighted by molar-refractivity contribution is -0.354. The molecule has 0 spiro atoms. The summed E-state index contributed by atoms with van der Waals surface area (Å²) in [7, 11) is 0. The topological polar surface area (TPSA) is 212 Å². The minimum atomic E-state index is -1.68. The molecule has 2 rings (SSSR count). The van der Waals surface area contributed by atoms with Crippen molar-refractivity contribution in [3.8, 4) is 0 Å².